The number of halogens is 4. The maximum atomic E-state index is 13.7. The molecule has 4 heteroatoms. The van der Waals surface area contributed by atoms with Crippen molar-refractivity contribution in [3.8, 4) is 0 Å². The highest BCUT2D eigenvalue weighted by atomic mass is 79.9. The normalized spacial score (nSPS) is 12.4. The van der Waals surface area contributed by atoms with E-state index in [1.165, 1.54) is 0 Å². The fourth-order valence-electron chi connectivity index (χ4n) is 1.71. The van der Waals surface area contributed by atoms with Crippen LogP contribution in [0.2, 0.25) is 0 Å². The Hall–Kier alpha value is -0.930. The summed E-state index contributed by atoms with van der Waals surface area (Å²) in [5, 5.41) is -0.588. The number of rotatable bonds is 3. The van der Waals surface area contributed by atoms with Crippen LogP contribution in [0.3, 0.4) is 0 Å². The molecule has 0 bridgehead atoms. The minimum atomic E-state index is -0.588. The Bertz CT molecular complexity index is 543. The molecule has 2 aromatic rings. The summed E-state index contributed by atoms with van der Waals surface area (Å²) in [7, 11) is 0. The molecule has 0 aliphatic rings. The number of hydrogen-bond donors (Lipinski definition) is 0. The van der Waals surface area contributed by atoms with Gasteiger partial charge in [0.1, 0.15) is 11.6 Å². The molecule has 1 atom stereocenters. The van der Waals surface area contributed by atoms with Gasteiger partial charge in [-0.3, -0.25) is 0 Å². The molecule has 0 fully saturated rings. The van der Waals surface area contributed by atoms with Crippen LogP contribution in [-0.2, 0) is 6.42 Å². The molecule has 0 saturated heterocycles. The standard InChI is InChI=1S/C14H10BrClF2/c15-11-8-13(17)10(7-14(11)18)12(16)6-9-4-2-1-3-5-9/h1-5,7-8,12H,6H2. The highest BCUT2D eigenvalue weighted by Gasteiger charge is 2.16. The van der Waals surface area contributed by atoms with E-state index in [9.17, 15) is 8.78 Å². The smallest absolute Gasteiger partial charge is 0.137 e. The van der Waals surface area contributed by atoms with Crippen LogP contribution in [-0.4, -0.2) is 0 Å². The first-order valence-corrected chi connectivity index (χ1v) is 6.63. The molecule has 0 aromatic heterocycles. The molecule has 0 nitrogen and oxygen atoms in total. The van der Waals surface area contributed by atoms with Crippen LogP contribution < -0.4 is 0 Å². The lowest BCUT2D eigenvalue weighted by molar-refractivity contribution is 0.577. The van der Waals surface area contributed by atoms with Gasteiger partial charge in [-0.2, -0.15) is 0 Å². The van der Waals surface area contributed by atoms with Gasteiger partial charge in [-0.15, -0.1) is 11.6 Å². The monoisotopic (exact) mass is 330 g/mol. The van der Waals surface area contributed by atoms with Crippen molar-refractivity contribution in [1.29, 1.82) is 0 Å². The molecule has 0 heterocycles. The minimum Gasteiger partial charge on any atom is -0.207 e. The van der Waals surface area contributed by atoms with Gasteiger partial charge in [0.15, 0.2) is 0 Å². The largest absolute Gasteiger partial charge is 0.207 e. The number of alkyl halides is 1. The van der Waals surface area contributed by atoms with Crippen molar-refractivity contribution in [2.45, 2.75) is 11.8 Å². The summed E-state index contributed by atoms with van der Waals surface area (Å²) in [5.74, 6) is -1.01. The summed E-state index contributed by atoms with van der Waals surface area (Å²) in [5.41, 5.74) is 1.17. The molecule has 0 aliphatic carbocycles. The van der Waals surface area contributed by atoms with E-state index in [0.29, 0.717) is 6.42 Å². The van der Waals surface area contributed by atoms with E-state index in [-0.39, 0.29) is 10.0 Å². The molecule has 0 saturated carbocycles. The van der Waals surface area contributed by atoms with E-state index in [1.54, 1.807) is 0 Å². The highest BCUT2D eigenvalue weighted by molar-refractivity contribution is 9.10. The van der Waals surface area contributed by atoms with Crippen molar-refractivity contribution in [3.05, 3.63) is 69.7 Å². The summed E-state index contributed by atoms with van der Waals surface area (Å²) in [6, 6.07) is 11.7. The molecule has 0 amide bonds. The second-order valence-corrected chi connectivity index (χ2v) is 5.33. The summed E-state index contributed by atoms with van der Waals surface area (Å²) in [4.78, 5) is 0. The minimum absolute atomic E-state index is 0.104. The van der Waals surface area contributed by atoms with Gasteiger partial charge in [-0.1, -0.05) is 30.3 Å². The van der Waals surface area contributed by atoms with Gasteiger partial charge in [-0.25, -0.2) is 8.78 Å². The third-order valence-electron chi connectivity index (χ3n) is 2.63. The molecule has 0 aliphatic heterocycles. The summed E-state index contributed by atoms with van der Waals surface area (Å²) in [6.45, 7) is 0. The van der Waals surface area contributed by atoms with Gasteiger partial charge in [-0.05, 0) is 40.0 Å². The molecular weight excluding hydrogens is 322 g/mol. The first-order chi connectivity index (χ1) is 8.58. The highest BCUT2D eigenvalue weighted by Crippen LogP contribution is 2.30. The molecular formula is C14H10BrClF2. The van der Waals surface area contributed by atoms with E-state index in [4.69, 9.17) is 11.6 Å². The average Bonchev–Trinajstić information content (AvgIpc) is 2.35. The third-order valence-corrected chi connectivity index (χ3v) is 3.63. The zero-order valence-electron chi connectivity index (χ0n) is 9.34. The zero-order chi connectivity index (χ0) is 13.1. The van der Waals surface area contributed by atoms with Crippen LogP contribution in [0.1, 0.15) is 16.5 Å². The molecule has 0 radical (unpaired) electrons. The van der Waals surface area contributed by atoms with Crippen LogP contribution in [0.5, 0.6) is 0 Å². The quantitative estimate of drug-likeness (QED) is 0.532. The Morgan fingerprint density at radius 2 is 1.72 bits per heavy atom. The lowest BCUT2D eigenvalue weighted by atomic mass is 10.0. The van der Waals surface area contributed by atoms with Crippen molar-refractivity contribution in [1.82, 2.24) is 0 Å². The van der Waals surface area contributed by atoms with Crippen molar-refractivity contribution >= 4 is 27.5 Å². The second-order valence-electron chi connectivity index (χ2n) is 3.95. The summed E-state index contributed by atoms with van der Waals surface area (Å²) >= 11 is 9.09. The van der Waals surface area contributed by atoms with Crippen LogP contribution >= 0.6 is 27.5 Å². The van der Waals surface area contributed by atoms with Crippen molar-refractivity contribution < 1.29 is 8.78 Å². The molecule has 1 unspecified atom stereocenters. The molecule has 2 rings (SSSR count). The SMILES string of the molecule is Fc1cc(C(Cl)Cc2ccccc2)c(F)cc1Br. The van der Waals surface area contributed by atoms with Crippen LogP contribution in [0.4, 0.5) is 8.78 Å². The zero-order valence-corrected chi connectivity index (χ0v) is 11.7. The summed E-state index contributed by atoms with van der Waals surface area (Å²) in [6.07, 6.45) is 0.459. The first kappa shape index (κ1) is 13.5. The molecule has 2 aromatic carbocycles. The second kappa shape index (κ2) is 5.81. The molecule has 94 valence electrons. The fraction of sp³-hybridized carbons (Fsp3) is 0.143. The van der Waals surface area contributed by atoms with E-state index in [2.05, 4.69) is 15.9 Å². The van der Waals surface area contributed by atoms with Gasteiger partial charge in [0.05, 0.1) is 9.85 Å². The van der Waals surface area contributed by atoms with Crippen LogP contribution in [0, 0.1) is 11.6 Å². The summed E-state index contributed by atoms with van der Waals surface area (Å²) < 4.78 is 27.2. The van der Waals surface area contributed by atoms with Crippen molar-refractivity contribution in [2.24, 2.45) is 0 Å². The topological polar surface area (TPSA) is 0 Å². The van der Waals surface area contributed by atoms with Gasteiger partial charge in [0.2, 0.25) is 0 Å². The van der Waals surface area contributed by atoms with Crippen molar-refractivity contribution in [2.75, 3.05) is 0 Å². The Kier molecular flexibility index (Phi) is 4.36. The van der Waals surface area contributed by atoms with Gasteiger partial charge in [0.25, 0.3) is 0 Å². The van der Waals surface area contributed by atoms with E-state index >= 15 is 0 Å². The first-order valence-electron chi connectivity index (χ1n) is 5.40. The Labute approximate surface area is 118 Å². The third kappa shape index (κ3) is 3.09. The van der Waals surface area contributed by atoms with Crippen molar-refractivity contribution in [3.63, 3.8) is 0 Å². The van der Waals surface area contributed by atoms with Gasteiger partial charge in [0, 0.05) is 5.56 Å². The predicted octanol–water partition coefficient (Wildman–Crippen LogP) is 5.25. The van der Waals surface area contributed by atoms with E-state index in [1.807, 2.05) is 30.3 Å². The van der Waals surface area contributed by atoms with E-state index < -0.39 is 17.0 Å². The Morgan fingerprint density at radius 1 is 1.06 bits per heavy atom. The van der Waals surface area contributed by atoms with Crippen LogP contribution in [0.15, 0.2) is 46.9 Å². The van der Waals surface area contributed by atoms with Gasteiger partial charge >= 0.3 is 0 Å². The van der Waals surface area contributed by atoms with E-state index in [0.717, 1.165) is 17.7 Å². The number of hydrogen-bond acceptors (Lipinski definition) is 0. The molecule has 0 spiro atoms. The predicted molar refractivity (Wildman–Crippen MR) is 72.8 cm³/mol. The lowest BCUT2D eigenvalue weighted by Crippen LogP contribution is -2.00. The maximum Gasteiger partial charge on any atom is 0.137 e. The fourth-order valence-corrected chi connectivity index (χ4v) is 2.37. The Balaban J connectivity index is 2.24. The lowest BCUT2D eigenvalue weighted by Gasteiger charge is -2.12. The molecule has 0 N–H and O–H groups in total. The molecule has 18 heavy (non-hydrogen) atoms. The number of benzene rings is 2. The average molecular weight is 332 g/mol. The Morgan fingerprint density at radius 3 is 2.39 bits per heavy atom. The van der Waals surface area contributed by atoms with Crippen LogP contribution in [0.25, 0.3) is 0 Å². The van der Waals surface area contributed by atoms with Gasteiger partial charge < -0.3 is 0 Å². The maximum absolute atomic E-state index is 13.7.